The molecule has 1 aliphatic heterocycles. The molecule has 0 aromatic carbocycles. The first kappa shape index (κ1) is 31.1. The highest BCUT2D eigenvalue weighted by Gasteiger charge is 2.48. The summed E-state index contributed by atoms with van der Waals surface area (Å²) in [6, 6.07) is 0.686. The molecule has 39 heavy (non-hydrogen) atoms. The van der Waals surface area contributed by atoms with Gasteiger partial charge in [-0.3, -0.25) is 4.79 Å². The normalized spacial score (nSPS) is 20.3. The minimum absolute atomic E-state index is 0.240. The number of piperidine rings is 1. The maximum atomic E-state index is 13.5. The fraction of sp³-hybridized carbons (Fsp3) is 0.633. The number of alkyl halides is 3. The standard InChI is InChI=1S/C30H40ClF3N4O/c1-5-9-22(3)27(30(32,33)34)28(39)37(4)17-13-23-20-29(21-23)14-18-38(19-15-29)26(36-25(31)6-2)10-7-8-16-35-24-11-12-24/h1,7,10,23-24,27,35H,2-3,8-9,11-21H2,4H3/b10-7-,36-26+/t27-/m0/s1. The summed E-state index contributed by atoms with van der Waals surface area (Å²) in [6.07, 6.45) is 12.5. The van der Waals surface area contributed by atoms with Crippen molar-refractivity contribution in [1.29, 1.82) is 0 Å². The molecule has 2 aliphatic carbocycles. The summed E-state index contributed by atoms with van der Waals surface area (Å²) in [7, 11) is 1.43. The largest absolute Gasteiger partial charge is 0.404 e. The molecule has 1 amide bonds. The van der Waals surface area contributed by atoms with Gasteiger partial charge in [-0.15, -0.1) is 12.3 Å². The van der Waals surface area contributed by atoms with Crippen molar-refractivity contribution >= 4 is 23.3 Å². The smallest absolute Gasteiger partial charge is 0.357 e. The first-order valence-corrected chi connectivity index (χ1v) is 14.1. The molecule has 0 aromatic rings. The molecule has 1 N–H and O–H groups in total. The van der Waals surface area contributed by atoms with Crippen LogP contribution in [0.1, 0.15) is 57.8 Å². The molecule has 1 spiro atoms. The number of rotatable bonds is 12. The van der Waals surface area contributed by atoms with E-state index in [4.69, 9.17) is 18.0 Å². The van der Waals surface area contributed by atoms with E-state index in [0.717, 1.165) is 57.6 Å². The van der Waals surface area contributed by atoms with Crippen LogP contribution in [0.15, 0.2) is 46.8 Å². The highest BCUT2D eigenvalue weighted by Crippen LogP contribution is 2.53. The van der Waals surface area contributed by atoms with Gasteiger partial charge in [0.15, 0.2) is 11.1 Å². The molecule has 214 valence electrons. The monoisotopic (exact) mass is 564 g/mol. The maximum Gasteiger partial charge on any atom is 0.404 e. The van der Waals surface area contributed by atoms with Gasteiger partial charge in [-0.25, -0.2) is 4.99 Å². The zero-order valence-electron chi connectivity index (χ0n) is 22.8. The Bertz CT molecular complexity index is 1030. The number of terminal acetylenes is 1. The van der Waals surface area contributed by atoms with E-state index in [1.165, 1.54) is 24.8 Å². The number of nitrogens with one attached hydrogen (secondary N) is 1. The fourth-order valence-electron chi connectivity index (χ4n) is 5.67. The number of hydrogen-bond acceptors (Lipinski definition) is 3. The zero-order valence-corrected chi connectivity index (χ0v) is 23.6. The van der Waals surface area contributed by atoms with Crippen LogP contribution >= 0.6 is 11.6 Å². The summed E-state index contributed by atoms with van der Waals surface area (Å²) < 4.78 is 40.6. The second-order valence-electron chi connectivity index (χ2n) is 11.2. The van der Waals surface area contributed by atoms with E-state index in [1.54, 1.807) is 0 Å². The van der Waals surface area contributed by atoms with E-state index in [9.17, 15) is 18.0 Å². The molecular weight excluding hydrogens is 525 g/mol. The van der Waals surface area contributed by atoms with E-state index < -0.39 is 18.0 Å². The fourth-order valence-corrected chi connectivity index (χ4v) is 5.76. The number of amides is 1. The number of nitrogens with zero attached hydrogens (tertiary/aromatic N) is 3. The van der Waals surface area contributed by atoms with Gasteiger partial charge in [-0.05, 0) is 80.9 Å². The average molecular weight is 565 g/mol. The highest BCUT2D eigenvalue weighted by molar-refractivity contribution is 6.30. The quantitative estimate of drug-likeness (QED) is 0.0597. The van der Waals surface area contributed by atoms with Crippen molar-refractivity contribution in [3.05, 3.63) is 41.8 Å². The second-order valence-corrected chi connectivity index (χ2v) is 11.5. The van der Waals surface area contributed by atoms with Crippen LogP contribution in [0.5, 0.6) is 0 Å². The number of amidine groups is 1. The van der Waals surface area contributed by atoms with Gasteiger partial charge in [-0.1, -0.05) is 36.6 Å². The van der Waals surface area contributed by atoms with Crippen molar-refractivity contribution in [2.45, 2.75) is 70.0 Å². The van der Waals surface area contributed by atoms with Crippen molar-refractivity contribution in [2.24, 2.45) is 22.2 Å². The van der Waals surface area contributed by atoms with Crippen molar-refractivity contribution in [2.75, 3.05) is 33.2 Å². The Kier molecular flexibility index (Phi) is 11.0. The van der Waals surface area contributed by atoms with Gasteiger partial charge >= 0.3 is 6.18 Å². The maximum absolute atomic E-state index is 13.5. The van der Waals surface area contributed by atoms with Crippen LogP contribution in [0, 0.1) is 29.6 Å². The average Bonchev–Trinajstić information content (AvgIpc) is 3.69. The molecule has 3 aliphatic rings. The first-order valence-electron chi connectivity index (χ1n) is 13.7. The van der Waals surface area contributed by atoms with E-state index >= 15 is 0 Å². The Morgan fingerprint density at radius 2 is 2.00 bits per heavy atom. The Labute approximate surface area is 235 Å². The SMILES string of the molecule is C#CCC(=C)[C@@H](C(=O)N(C)CCC1CC2(CCN(C(/C=C\CCNC3CC3)=N/C(Cl)=C=C)CC2)C1)C(F)(F)F. The molecule has 1 heterocycles. The third-order valence-electron chi connectivity index (χ3n) is 8.10. The van der Waals surface area contributed by atoms with Gasteiger partial charge in [0.05, 0.1) is 0 Å². The predicted molar refractivity (Wildman–Crippen MR) is 151 cm³/mol. The van der Waals surface area contributed by atoms with E-state index in [1.807, 2.05) is 6.08 Å². The number of carbonyl (C=O) groups is 1. The van der Waals surface area contributed by atoms with Crippen molar-refractivity contribution in [3.8, 4) is 12.3 Å². The summed E-state index contributed by atoms with van der Waals surface area (Å²) in [5.41, 5.74) is 2.60. The summed E-state index contributed by atoms with van der Waals surface area (Å²) >= 11 is 6.12. The van der Waals surface area contributed by atoms with Crippen molar-refractivity contribution in [3.63, 3.8) is 0 Å². The third-order valence-corrected chi connectivity index (χ3v) is 8.32. The predicted octanol–water partition coefficient (Wildman–Crippen LogP) is 6.05. The molecule has 1 atom stereocenters. The molecule has 2 saturated carbocycles. The molecule has 0 aromatic heterocycles. The molecule has 5 nitrogen and oxygen atoms in total. The summed E-state index contributed by atoms with van der Waals surface area (Å²) in [5, 5.41) is 3.74. The number of likely N-dealkylation sites (tertiary alicyclic amines) is 1. The number of halogens is 4. The molecule has 9 heteroatoms. The van der Waals surface area contributed by atoms with Crippen LogP contribution in [0.25, 0.3) is 0 Å². The first-order chi connectivity index (χ1) is 18.5. The van der Waals surface area contributed by atoms with Crippen LogP contribution < -0.4 is 5.32 Å². The van der Waals surface area contributed by atoms with Crippen LogP contribution in [0.4, 0.5) is 13.2 Å². The van der Waals surface area contributed by atoms with Crippen LogP contribution in [0.2, 0.25) is 0 Å². The van der Waals surface area contributed by atoms with Gasteiger partial charge < -0.3 is 15.1 Å². The molecule has 0 radical (unpaired) electrons. The minimum Gasteiger partial charge on any atom is -0.357 e. The lowest BCUT2D eigenvalue weighted by Gasteiger charge is -2.53. The zero-order chi connectivity index (χ0) is 28.6. The van der Waals surface area contributed by atoms with Crippen molar-refractivity contribution in [1.82, 2.24) is 15.1 Å². The Hall–Kier alpha value is -2.46. The van der Waals surface area contributed by atoms with E-state index in [2.05, 4.69) is 46.1 Å². The Morgan fingerprint density at radius 3 is 2.56 bits per heavy atom. The van der Waals surface area contributed by atoms with Gasteiger partial charge in [0, 0.05) is 39.1 Å². The van der Waals surface area contributed by atoms with Crippen LogP contribution in [-0.2, 0) is 4.79 Å². The molecule has 0 bridgehead atoms. The van der Waals surface area contributed by atoms with Gasteiger partial charge in [0.25, 0.3) is 0 Å². The second kappa shape index (κ2) is 13.7. The van der Waals surface area contributed by atoms with Gasteiger partial charge in [0.2, 0.25) is 5.91 Å². The number of aliphatic imine (C=N–C) groups is 1. The number of hydrogen-bond donors (Lipinski definition) is 1. The molecule has 3 rings (SSSR count). The van der Waals surface area contributed by atoms with Gasteiger partial charge in [-0.2, -0.15) is 13.2 Å². The summed E-state index contributed by atoms with van der Waals surface area (Å²) in [5.74, 6) is 0.138. The highest BCUT2D eigenvalue weighted by atomic mass is 35.5. The molecular formula is C30H40ClF3N4O. The lowest BCUT2D eigenvalue weighted by molar-refractivity contribution is -0.181. The van der Waals surface area contributed by atoms with Crippen LogP contribution in [0.3, 0.4) is 0 Å². The Balaban J connectivity index is 1.46. The number of carbonyl (C=O) groups excluding carboxylic acids is 1. The molecule has 3 fully saturated rings. The van der Waals surface area contributed by atoms with E-state index in [0.29, 0.717) is 18.4 Å². The lowest BCUT2D eigenvalue weighted by Crippen LogP contribution is -2.49. The summed E-state index contributed by atoms with van der Waals surface area (Å²) in [4.78, 5) is 20.5. The van der Waals surface area contributed by atoms with Crippen molar-refractivity contribution < 1.29 is 18.0 Å². The molecule has 1 saturated heterocycles. The third kappa shape index (κ3) is 9.03. The lowest BCUT2D eigenvalue weighted by atomic mass is 9.57. The Morgan fingerprint density at radius 1 is 1.33 bits per heavy atom. The molecule has 0 unspecified atom stereocenters. The summed E-state index contributed by atoms with van der Waals surface area (Å²) in [6.45, 7) is 9.96. The topological polar surface area (TPSA) is 47.9 Å². The van der Waals surface area contributed by atoms with Crippen LogP contribution in [-0.4, -0.2) is 67.0 Å². The van der Waals surface area contributed by atoms with Gasteiger partial charge in [0.1, 0.15) is 5.84 Å². The minimum atomic E-state index is -4.70. The van der Waals surface area contributed by atoms with E-state index in [-0.39, 0.29) is 29.1 Å².